The molecule has 0 N–H and O–H groups in total. The van der Waals surface area contributed by atoms with Crippen molar-refractivity contribution in [2.45, 2.75) is 12.3 Å². The van der Waals surface area contributed by atoms with Crippen LogP contribution >= 0.6 is 11.8 Å². The first-order chi connectivity index (χ1) is 8.58. The maximum absolute atomic E-state index is 12.0. The molecule has 0 radical (unpaired) electrons. The van der Waals surface area contributed by atoms with Crippen molar-refractivity contribution in [2.75, 3.05) is 28.7 Å². The van der Waals surface area contributed by atoms with Crippen LogP contribution in [0.5, 0.6) is 0 Å². The van der Waals surface area contributed by atoms with E-state index >= 15 is 0 Å². The highest BCUT2D eigenvalue weighted by Crippen LogP contribution is 2.28. The van der Waals surface area contributed by atoms with Gasteiger partial charge in [0.05, 0.1) is 0 Å². The minimum Gasteiger partial charge on any atom is -0.438 e. The Morgan fingerprint density at radius 2 is 2.33 bits per heavy atom. The third-order valence-electron chi connectivity index (χ3n) is 2.91. The van der Waals surface area contributed by atoms with Gasteiger partial charge in [0.25, 0.3) is 0 Å². The summed E-state index contributed by atoms with van der Waals surface area (Å²) in [6.45, 7) is 2.26. The van der Waals surface area contributed by atoms with Crippen LogP contribution in [-0.4, -0.2) is 43.9 Å². The van der Waals surface area contributed by atoms with Crippen molar-refractivity contribution in [3.63, 3.8) is 0 Å². The zero-order valence-electron chi connectivity index (χ0n) is 10.0. The van der Waals surface area contributed by atoms with E-state index in [1.165, 1.54) is 0 Å². The minimum atomic E-state index is -3.16. The lowest BCUT2D eigenvalue weighted by atomic mass is 10.4. The molecule has 1 saturated heterocycles. The number of hydrogen-bond donors (Lipinski definition) is 0. The molecular weight excluding hydrogens is 274 g/mol. The molecule has 0 saturated carbocycles. The van der Waals surface area contributed by atoms with E-state index in [0.29, 0.717) is 24.5 Å². The van der Waals surface area contributed by atoms with Crippen molar-refractivity contribution in [3.8, 4) is 0 Å². The van der Waals surface area contributed by atoms with Crippen LogP contribution in [0.1, 0.15) is 17.5 Å². The first-order valence-electron chi connectivity index (χ1n) is 5.69. The molecule has 1 aliphatic rings. The summed E-state index contributed by atoms with van der Waals surface area (Å²) in [5, 5.41) is -0.563. The fourth-order valence-electron chi connectivity index (χ4n) is 1.88. The number of anilines is 1. The topological polar surface area (TPSA) is 67.6 Å². The van der Waals surface area contributed by atoms with Crippen molar-refractivity contribution in [3.05, 3.63) is 17.9 Å². The lowest BCUT2D eigenvalue weighted by Crippen LogP contribution is -2.47. The summed E-state index contributed by atoms with van der Waals surface area (Å²) in [7, 11) is -3.16. The molecule has 1 fully saturated rings. The first-order valence-corrected chi connectivity index (χ1v) is 8.56. The van der Waals surface area contributed by atoms with Crippen molar-refractivity contribution in [1.29, 1.82) is 0 Å². The molecule has 5 nitrogen and oxygen atoms in total. The average molecular weight is 289 g/mol. The van der Waals surface area contributed by atoms with Crippen LogP contribution < -0.4 is 4.90 Å². The Morgan fingerprint density at radius 3 is 2.94 bits per heavy atom. The zero-order valence-corrected chi connectivity index (χ0v) is 11.7. The molecule has 0 aliphatic carbocycles. The number of carbonyl (C=O) groups excluding carboxylic acids is 1. The third kappa shape index (κ3) is 2.56. The molecule has 1 aromatic heterocycles. The number of furan rings is 1. The van der Waals surface area contributed by atoms with E-state index < -0.39 is 15.2 Å². The smallest absolute Gasteiger partial charge is 0.197 e. The summed E-state index contributed by atoms with van der Waals surface area (Å²) in [5.41, 5.74) is 0. The van der Waals surface area contributed by atoms with E-state index in [1.807, 2.05) is 0 Å². The molecule has 2 rings (SSSR count). The Kier molecular flexibility index (Phi) is 4.01. The number of sulfone groups is 1. The normalized spacial score (nSPS) is 20.9. The van der Waals surface area contributed by atoms with Crippen molar-refractivity contribution in [2.24, 2.45) is 0 Å². The van der Waals surface area contributed by atoms with Gasteiger partial charge in [-0.2, -0.15) is 11.8 Å². The van der Waals surface area contributed by atoms with Gasteiger partial charge in [0, 0.05) is 29.9 Å². The fourth-order valence-corrected chi connectivity index (χ4v) is 4.86. The van der Waals surface area contributed by atoms with Gasteiger partial charge in [-0.15, -0.1) is 0 Å². The number of hydrogen-bond acceptors (Lipinski definition) is 6. The van der Waals surface area contributed by atoms with Gasteiger partial charge in [-0.05, 0) is 6.07 Å². The van der Waals surface area contributed by atoms with Crippen LogP contribution in [0.4, 0.5) is 5.88 Å². The van der Waals surface area contributed by atoms with Crippen LogP contribution in [0.2, 0.25) is 0 Å². The summed E-state index contributed by atoms with van der Waals surface area (Å²) in [6, 6.07) is 3.21. The second kappa shape index (κ2) is 5.36. The van der Waals surface area contributed by atoms with E-state index in [4.69, 9.17) is 4.42 Å². The molecule has 7 heteroatoms. The van der Waals surface area contributed by atoms with Gasteiger partial charge in [-0.1, -0.05) is 6.92 Å². The molecule has 0 amide bonds. The molecule has 100 valence electrons. The molecule has 1 atom stereocenters. The number of rotatable bonds is 4. The van der Waals surface area contributed by atoms with Crippen molar-refractivity contribution >= 4 is 33.8 Å². The summed E-state index contributed by atoms with van der Waals surface area (Å²) in [5.74, 6) is 2.17. The summed E-state index contributed by atoms with van der Waals surface area (Å²) >= 11 is 1.62. The summed E-state index contributed by atoms with van der Waals surface area (Å²) in [4.78, 5) is 12.3. The second-order valence-corrected chi connectivity index (χ2v) is 7.57. The minimum absolute atomic E-state index is 0.107. The molecule has 1 aromatic rings. The van der Waals surface area contributed by atoms with E-state index in [9.17, 15) is 13.2 Å². The summed E-state index contributed by atoms with van der Waals surface area (Å²) in [6.07, 6.45) is 0.617. The lowest BCUT2D eigenvalue weighted by molar-refractivity contribution is 0.110. The number of thioether (sulfide) groups is 1. The SMILES string of the molecule is CCS(=O)(=O)C1CSCCN1c1ccc(C=O)o1. The van der Waals surface area contributed by atoms with Crippen LogP contribution in [0.25, 0.3) is 0 Å². The van der Waals surface area contributed by atoms with E-state index in [2.05, 4.69) is 0 Å². The van der Waals surface area contributed by atoms with Crippen LogP contribution in [0.15, 0.2) is 16.5 Å². The highest BCUT2D eigenvalue weighted by molar-refractivity contribution is 8.01. The zero-order chi connectivity index (χ0) is 13.2. The van der Waals surface area contributed by atoms with Gasteiger partial charge in [-0.3, -0.25) is 4.79 Å². The second-order valence-electron chi connectivity index (χ2n) is 3.97. The molecule has 18 heavy (non-hydrogen) atoms. The Bertz CT molecular complexity index is 523. The van der Waals surface area contributed by atoms with Gasteiger partial charge in [0.2, 0.25) is 0 Å². The lowest BCUT2D eigenvalue weighted by Gasteiger charge is -2.34. The predicted molar refractivity (Wildman–Crippen MR) is 72.0 cm³/mol. The number of nitrogens with zero attached hydrogens (tertiary/aromatic N) is 1. The molecule has 0 bridgehead atoms. The maximum atomic E-state index is 12.0. The molecule has 0 spiro atoms. The molecule has 1 aliphatic heterocycles. The van der Waals surface area contributed by atoms with E-state index in [0.717, 1.165) is 5.75 Å². The maximum Gasteiger partial charge on any atom is 0.197 e. The molecular formula is C11H15NO4S2. The Hall–Kier alpha value is -0.950. The van der Waals surface area contributed by atoms with Gasteiger partial charge in [-0.25, -0.2) is 8.42 Å². The monoisotopic (exact) mass is 289 g/mol. The van der Waals surface area contributed by atoms with Gasteiger partial charge in [0.15, 0.2) is 27.8 Å². The average Bonchev–Trinajstić information content (AvgIpc) is 2.87. The van der Waals surface area contributed by atoms with Gasteiger partial charge in [0.1, 0.15) is 5.37 Å². The van der Waals surface area contributed by atoms with Crippen molar-refractivity contribution < 1.29 is 17.6 Å². The van der Waals surface area contributed by atoms with Crippen LogP contribution in [0.3, 0.4) is 0 Å². The van der Waals surface area contributed by atoms with E-state index in [1.54, 1.807) is 35.7 Å². The standard InChI is InChI=1S/C11H15NO4S2/c1-2-18(14,15)11-8-17-6-5-12(11)10-4-3-9(7-13)16-10/h3-4,7,11H,2,5-6,8H2,1H3. The van der Waals surface area contributed by atoms with Crippen LogP contribution in [-0.2, 0) is 9.84 Å². The molecule has 2 heterocycles. The largest absolute Gasteiger partial charge is 0.438 e. The number of carbonyl (C=O) groups is 1. The van der Waals surface area contributed by atoms with E-state index in [-0.39, 0.29) is 11.5 Å². The van der Waals surface area contributed by atoms with Gasteiger partial charge < -0.3 is 9.32 Å². The van der Waals surface area contributed by atoms with Crippen LogP contribution in [0, 0.1) is 0 Å². The summed E-state index contributed by atoms with van der Waals surface area (Å²) < 4.78 is 29.4. The Labute approximate surface area is 110 Å². The fraction of sp³-hybridized carbons (Fsp3) is 0.545. The number of aldehydes is 1. The molecule has 1 unspecified atom stereocenters. The first kappa shape index (κ1) is 13.5. The Balaban J connectivity index is 2.31. The van der Waals surface area contributed by atoms with Crippen molar-refractivity contribution in [1.82, 2.24) is 0 Å². The molecule has 0 aromatic carbocycles. The highest BCUT2D eigenvalue weighted by Gasteiger charge is 2.34. The van der Waals surface area contributed by atoms with Gasteiger partial charge >= 0.3 is 0 Å². The third-order valence-corrected chi connectivity index (χ3v) is 6.20. The Morgan fingerprint density at radius 1 is 1.56 bits per heavy atom. The highest BCUT2D eigenvalue weighted by atomic mass is 32.2. The predicted octanol–water partition coefficient (Wildman–Crippen LogP) is 1.41. The quantitative estimate of drug-likeness (QED) is 0.781.